The molecule has 1 N–H and O–H groups in total. The second kappa shape index (κ2) is 7.97. The molecule has 1 fully saturated rings. The van der Waals surface area contributed by atoms with Crippen LogP contribution in [0, 0.1) is 0 Å². The fourth-order valence-corrected chi connectivity index (χ4v) is 3.05. The number of carbonyl (C=O) groups is 2. The summed E-state index contributed by atoms with van der Waals surface area (Å²) in [6, 6.07) is 15.2. The third-order valence-corrected chi connectivity index (χ3v) is 4.46. The van der Waals surface area contributed by atoms with Crippen molar-refractivity contribution in [1.29, 1.82) is 0 Å². The highest BCUT2D eigenvalue weighted by atomic mass is 32.1. The van der Waals surface area contributed by atoms with Gasteiger partial charge in [-0.15, -0.1) is 6.58 Å². The van der Waals surface area contributed by atoms with Crippen LogP contribution in [0.5, 0.6) is 5.75 Å². The van der Waals surface area contributed by atoms with Crippen molar-refractivity contribution in [2.45, 2.75) is 0 Å². The number of nitrogens with zero attached hydrogens (tertiary/aromatic N) is 1. The molecular weight excluding hydrogens is 360 g/mol. The van der Waals surface area contributed by atoms with Crippen LogP contribution in [0.15, 0.2) is 66.8 Å². The second-order valence-electron chi connectivity index (χ2n) is 5.84. The Balaban J connectivity index is 1.91. The number of hydrogen-bond donors (Lipinski definition) is 1. The van der Waals surface area contributed by atoms with Crippen LogP contribution in [0.2, 0.25) is 0 Å². The van der Waals surface area contributed by atoms with Crippen LogP contribution >= 0.6 is 12.2 Å². The monoisotopic (exact) mass is 378 g/mol. The molecule has 0 spiro atoms. The van der Waals surface area contributed by atoms with Crippen molar-refractivity contribution >= 4 is 35.2 Å². The molecule has 5 nitrogen and oxygen atoms in total. The average molecular weight is 378 g/mol. The van der Waals surface area contributed by atoms with Crippen LogP contribution in [-0.4, -0.2) is 35.5 Å². The van der Waals surface area contributed by atoms with E-state index in [1.807, 2.05) is 48.5 Å². The van der Waals surface area contributed by atoms with Crippen LogP contribution in [0.3, 0.4) is 0 Å². The molecule has 0 unspecified atom stereocenters. The lowest BCUT2D eigenvalue weighted by Gasteiger charge is -2.27. The highest BCUT2D eigenvalue weighted by Crippen LogP contribution is 2.30. The van der Waals surface area contributed by atoms with Gasteiger partial charge in [-0.05, 0) is 35.5 Å². The van der Waals surface area contributed by atoms with Gasteiger partial charge in [0, 0.05) is 12.1 Å². The summed E-state index contributed by atoms with van der Waals surface area (Å²) in [5, 5.41) is 2.62. The van der Waals surface area contributed by atoms with Gasteiger partial charge in [0.2, 0.25) is 0 Å². The zero-order chi connectivity index (χ0) is 19.4. The third-order valence-electron chi connectivity index (χ3n) is 4.14. The van der Waals surface area contributed by atoms with Crippen molar-refractivity contribution in [1.82, 2.24) is 10.2 Å². The first-order chi connectivity index (χ1) is 13.0. The third kappa shape index (κ3) is 3.80. The van der Waals surface area contributed by atoms with Crippen molar-refractivity contribution in [2.75, 3.05) is 13.7 Å². The molecule has 1 aliphatic heterocycles. The highest BCUT2D eigenvalue weighted by Gasteiger charge is 2.32. The van der Waals surface area contributed by atoms with E-state index >= 15 is 0 Å². The topological polar surface area (TPSA) is 58.6 Å². The lowest BCUT2D eigenvalue weighted by molar-refractivity contribution is -0.128. The van der Waals surface area contributed by atoms with Crippen molar-refractivity contribution in [3.8, 4) is 16.9 Å². The summed E-state index contributed by atoms with van der Waals surface area (Å²) in [6.07, 6.45) is 3.11. The van der Waals surface area contributed by atoms with Crippen LogP contribution in [-0.2, 0) is 9.59 Å². The molecule has 1 aliphatic rings. The van der Waals surface area contributed by atoms with E-state index in [2.05, 4.69) is 11.9 Å². The van der Waals surface area contributed by atoms with Gasteiger partial charge >= 0.3 is 0 Å². The lowest BCUT2D eigenvalue weighted by atomic mass is 10.0. The number of ether oxygens (including phenoxy) is 1. The molecule has 136 valence electrons. The molecule has 6 heteroatoms. The summed E-state index contributed by atoms with van der Waals surface area (Å²) in [4.78, 5) is 26.0. The van der Waals surface area contributed by atoms with Gasteiger partial charge in [0.15, 0.2) is 5.11 Å². The van der Waals surface area contributed by atoms with Gasteiger partial charge in [-0.25, -0.2) is 0 Å². The van der Waals surface area contributed by atoms with Gasteiger partial charge in [-0.2, -0.15) is 0 Å². The van der Waals surface area contributed by atoms with Gasteiger partial charge in [0.05, 0.1) is 7.11 Å². The number of amides is 2. The molecule has 0 aliphatic carbocycles. The lowest BCUT2D eigenvalue weighted by Crippen LogP contribution is -2.53. The number of para-hydroxylation sites is 1. The van der Waals surface area contributed by atoms with Gasteiger partial charge in [-0.1, -0.05) is 48.5 Å². The van der Waals surface area contributed by atoms with E-state index in [0.717, 1.165) is 22.4 Å². The molecule has 2 amide bonds. The van der Waals surface area contributed by atoms with Crippen molar-refractivity contribution in [3.63, 3.8) is 0 Å². The Morgan fingerprint density at radius 2 is 1.85 bits per heavy atom. The Kier molecular flexibility index (Phi) is 5.47. The minimum atomic E-state index is -0.501. The Morgan fingerprint density at radius 1 is 1.15 bits per heavy atom. The predicted molar refractivity (Wildman–Crippen MR) is 109 cm³/mol. The van der Waals surface area contributed by atoms with Gasteiger partial charge in [0.1, 0.15) is 11.3 Å². The van der Waals surface area contributed by atoms with E-state index in [9.17, 15) is 9.59 Å². The van der Waals surface area contributed by atoms with Crippen LogP contribution in [0.1, 0.15) is 5.56 Å². The summed E-state index contributed by atoms with van der Waals surface area (Å²) in [5.41, 5.74) is 2.71. The van der Waals surface area contributed by atoms with Crippen molar-refractivity contribution < 1.29 is 14.3 Å². The summed E-state index contributed by atoms with van der Waals surface area (Å²) in [5.74, 6) is -0.157. The first-order valence-corrected chi connectivity index (χ1v) is 8.69. The normalized spacial score (nSPS) is 15.7. The van der Waals surface area contributed by atoms with Crippen LogP contribution in [0.4, 0.5) is 0 Å². The second-order valence-corrected chi connectivity index (χ2v) is 6.23. The largest absolute Gasteiger partial charge is 0.496 e. The van der Waals surface area contributed by atoms with E-state index in [1.165, 1.54) is 4.90 Å². The molecule has 2 aromatic rings. The van der Waals surface area contributed by atoms with E-state index < -0.39 is 11.8 Å². The summed E-state index contributed by atoms with van der Waals surface area (Å²) in [7, 11) is 1.63. The molecule has 27 heavy (non-hydrogen) atoms. The molecule has 0 saturated carbocycles. The molecule has 2 aromatic carbocycles. The smallest absolute Gasteiger partial charge is 0.265 e. The predicted octanol–water partition coefficient (Wildman–Crippen LogP) is 3.17. The molecule has 0 aromatic heterocycles. The fourth-order valence-electron chi connectivity index (χ4n) is 2.80. The number of hydrogen-bond acceptors (Lipinski definition) is 4. The Hall–Kier alpha value is -3.25. The number of benzene rings is 2. The zero-order valence-corrected chi connectivity index (χ0v) is 15.6. The van der Waals surface area contributed by atoms with E-state index in [4.69, 9.17) is 17.0 Å². The number of carbonyl (C=O) groups excluding carboxylic acids is 2. The molecule has 0 atom stereocenters. The van der Waals surface area contributed by atoms with Crippen LogP contribution in [0.25, 0.3) is 17.2 Å². The first kappa shape index (κ1) is 18.5. The highest BCUT2D eigenvalue weighted by molar-refractivity contribution is 7.80. The first-order valence-electron chi connectivity index (χ1n) is 8.28. The van der Waals surface area contributed by atoms with E-state index in [0.29, 0.717) is 0 Å². The summed E-state index contributed by atoms with van der Waals surface area (Å²) < 4.78 is 5.39. The Labute approximate surface area is 162 Å². The van der Waals surface area contributed by atoms with Gasteiger partial charge in [0.25, 0.3) is 11.8 Å². The van der Waals surface area contributed by atoms with Crippen molar-refractivity contribution in [3.05, 3.63) is 72.3 Å². The number of nitrogens with one attached hydrogen (secondary N) is 1. The molecule has 0 radical (unpaired) electrons. The summed E-state index contributed by atoms with van der Waals surface area (Å²) in [6.45, 7) is 3.85. The van der Waals surface area contributed by atoms with Gasteiger partial charge in [-0.3, -0.25) is 19.8 Å². The minimum Gasteiger partial charge on any atom is -0.496 e. The number of rotatable bonds is 5. The Morgan fingerprint density at radius 3 is 2.52 bits per heavy atom. The standard InChI is InChI=1S/C21H18N2O3S/c1-3-12-23-20(25)17(19(24)22-21(23)27)13-14-8-10-15(11-9-14)16-6-4-5-7-18(16)26-2/h3-11,13H,1,12H2,2H3,(H,22,24,27). The average Bonchev–Trinajstić information content (AvgIpc) is 2.69. The Bertz CT molecular complexity index is 948. The van der Waals surface area contributed by atoms with E-state index in [-0.39, 0.29) is 17.2 Å². The summed E-state index contributed by atoms with van der Waals surface area (Å²) >= 11 is 5.05. The number of thiocarbonyl (C=S) groups is 1. The minimum absolute atomic E-state index is 0.0375. The molecular formula is C21H18N2O3S. The van der Waals surface area contributed by atoms with E-state index in [1.54, 1.807) is 19.3 Å². The van der Waals surface area contributed by atoms with Crippen molar-refractivity contribution in [2.24, 2.45) is 0 Å². The maximum absolute atomic E-state index is 12.6. The molecule has 3 rings (SSSR count). The zero-order valence-electron chi connectivity index (χ0n) is 14.8. The molecule has 1 saturated heterocycles. The maximum atomic E-state index is 12.6. The van der Waals surface area contributed by atoms with Crippen LogP contribution < -0.4 is 10.1 Å². The van der Waals surface area contributed by atoms with Gasteiger partial charge < -0.3 is 4.74 Å². The quantitative estimate of drug-likeness (QED) is 0.376. The molecule has 0 bridgehead atoms. The maximum Gasteiger partial charge on any atom is 0.265 e. The SMILES string of the molecule is C=CCN1C(=O)C(=Cc2ccc(-c3ccccc3OC)cc2)C(=O)NC1=S. The fraction of sp³-hybridized carbons (Fsp3) is 0.0952. The molecule has 1 heterocycles. The number of methoxy groups -OCH3 is 1.